The molecule has 5 nitrogen and oxygen atoms in total. The second kappa shape index (κ2) is 4.40. The van der Waals surface area contributed by atoms with Crippen LogP contribution < -0.4 is 11.3 Å². The first kappa shape index (κ1) is 11.7. The van der Waals surface area contributed by atoms with Crippen molar-refractivity contribution in [2.45, 2.75) is 0 Å². The Morgan fingerprint density at radius 3 is 2.84 bits per heavy atom. The van der Waals surface area contributed by atoms with Gasteiger partial charge in [0.25, 0.3) is 0 Å². The molecule has 3 N–H and O–H groups in total. The number of aryl methyl sites for hydroxylation is 1. The standard InChI is InChI=1S/C13H12N4OS/c1-17-13(14)11(9-3-2-6-19-9)12(16-17)8-4-5-10(18)15-7-8/h2-7H,14H2,1H3,(H,15,18). The number of H-pyrrole nitrogens is 1. The molecule has 0 bridgehead atoms. The van der Waals surface area contributed by atoms with Crippen molar-refractivity contribution in [1.29, 1.82) is 0 Å². The smallest absolute Gasteiger partial charge is 0.247 e. The van der Waals surface area contributed by atoms with E-state index in [4.69, 9.17) is 5.73 Å². The molecule has 0 aliphatic rings. The summed E-state index contributed by atoms with van der Waals surface area (Å²) >= 11 is 1.61. The maximum Gasteiger partial charge on any atom is 0.247 e. The number of nitrogens with two attached hydrogens (primary N) is 1. The van der Waals surface area contributed by atoms with Crippen LogP contribution in [0.4, 0.5) is 5.82 Å². The van der Waals surface area contributed by atoms with Gasteiger partial charge in [-0.15, -0.1) is 11.3 Å². The Labute approximate surface area is 113 Å². The average molecular weight is 272 g/mol. The van der Waals surface area contributed by atoms with Gasteiger partial charge < -0.3 is 10.7 Å². The van der Waals surface area contributed by atoms with Crippen molar-refractivity contribution in [2.24, 2.45) is 7.05 Å². The van der Waals surface area contributed by atoms with E-state index in [1.54, 1.807) is 28.3 Å². The van der Waals surface area contributed by atoms with Crippen molar-refractivity contribution in [3.8, 4) is 21.7 Å². The van der Waals surface area contributed by atoms with Crippen molar-refractivity contribution in [3.05, 3.63) is 46.2 Å². The van der Waals surface area contributed by atoms with Crippen molar-refractivity contribution in [2.75, 3.05) is 5.73 Å². The van der Waals surface area contributed by atoms with Crippen LogP contribution in [-0.2, 0) is 7.05 Å². The summed E-state index contributed by atoms with van der Waals surface area (Å²) < 4.78 is 1.65. The van der Waals surface area contributed by atoms with Gasteiger partial charge in [-0.3, -0.25) is 9.48 Å². The Morgan fingerprint density at radius 2 is 2.21 bits per heavy atom. The van der Waals surface area contributed by atoms with Crippen molar-refractivity contribution in [1.82, 2.24) is 14.8 Å². The lowest BCUT2D eigenvalue weighted by Gasteiger charge is -2.01. The third-order valence-corrected chi connectivity index (χ3v) is 3.80. The number of rotatable bonds is 2. The van der Waals surface area contributed by atoms with Gasteiger partial charge >= 0.3 is 0 Å². The fraction of sp³-hybridized carbons (Fsp3) is 0.0769. The Balaban J connectivity index is 2.24. The number of nitrogens with zero attached hydrogens (tertiary/aromatic N) is 2. The minimum absolute atomic E-state index is 0.134. The van der Waals surface area contributed by atoms with E-state index in [0.717, 1.165) is 21.7 Å². The van der Waals surface area contributed by atoms with Crippen LogP contribution in [0.25, 0.3) is 21.7 Å². The van der Waals surface area contributed by atoms with Crippen LogP contribution in [0.15, 0.2) is 40.6 Å². The van der Waals surface area contributed by atoms with Gasteiger partial charge in [0.1, 0.15) is 11.5 Å². The summed E-state index contributed by atoms with van der Waals surface area (Å²) in [6.07, 6.45) is 1.65. The van der Waals surface area contributed by atoms with E-state index in [1.807, 2.05) is 24.6 Å². The molecule has 6 heteroatoms. The molecule has 96 valence electrons. The molecule has 0 unspecified atom stereocenters. The molecule has 0 amide bonds. The molecule has 3 aromatic heterocycles. The fourth-order valence-electron chi connectivity index (χ4n) is 1.96. The minimum Gasteiger partial charge on any atom is -0.383 e. The molecule has 3 rings (SSSR count). The molecule has 0 atom stereocenters. The molecule has 0 radical (unpaired) electrons. The highest BCUT2D eigenvalue weighted by molar-refractivity contribution is 7.13. The lowest BCUT2D eigenvalue weighted by atomic mass is 10.1. The van der Waals surface area contributed by atoms with E-state index >= 15 is 0 Å². The van der Waals surface area contributed by atoms with Crippen LogP contribution in [0.5, 0.6) is 0 Å². The van der Waals surface area contributed by atoms with Gasteiger partial charge in [0.2, 0.25) is 5.56 Å². The molecule has 0 saturated heterocycles. The molecule has 19 heavy (non-hydrogen) atoms. The van der Waals surface area contributed by atoms with E-state index in [0.29, 0.717) is 5.82 Å². The average Bonchev–Trinajstić information content (AvgIpc) is 3.00. The number of nitrogens with one attached hydrogen (secondary N) is 1. The van der Waals surface area contributed by atoms with E-state index in [1.165, 1.54) is 6.07 Å². The molecule has 0 aliphatic carbocycles. The monoisotopic (exact) mass is 272 g/mol. The molecule has 0 saturated carbocycles. The lowest BCUT2D eigenvalue weighted by Crippen LogP contribution is -2.01. The highest BCUT2D eigenvalue weighted by atomic mass is 32.1. The van der Waals surface area contributed by atoms with Crippen LogP contribution in [0.3, 0.4) is 0 Å². The first-order valence-corrected chi connectivity index (χ1v) is 6.60. The Kier molecular flexibility index (Phi) is 2.72. The summed E-state index contributed by atoms with van der Waals surface area (Å²) in [6.45, 7) is 0. The summed E-state index contributed by atoms with van der Waals surface area (Å²) in [6, 6.07) is 7.21. The molecule has 0 fully saturated rings. The molecule has 0 aliphatic heterocycles. The summed E-state index contributed by atoms with van der Waals surface area (Å²) in [7, 11) is 1.81. The zero-order valence-corrected chi connectivity index (χ0v) is 11.1. The molecule has 3 aromatic rings. The summed E-state index contributed by atoms with van der Waals surface area (Å²) in [4.78, 5) is 14.9. The highest BCUT2D eigenvalue weighted by Crippen LogP contribution is 2.37. The largest absolute Gasteiger partial charge is 0.383 e. The Bertz CT molecular complexity index is 750. The third kappa shape index (κ3) is 1.96. The zero-order chi connectivity index (χ0) is 13.4. The first-order valence-electron chi connectivity index (χ1n) is 5.72. The van der Waals surface area contributed by atoms with Crippen molar-refractivity contribution in [3.63, 3.8) is 0 Å². The Morgan fingerprint density at radius 1 is 1.37 bits per heavy atom. The summed E-state index contributed by atoms with van der Waals surface area (Å²) in [5.74, 6) is 0.614. The topological polar surface area (TPSA) is 76.7 Å². The number of nitrogen functional groups attached to an aromatic ring is 1. The first-order chi connectivity index (χ1) is 9.16. The quantitative estimate of drug-likeness (QED) is 0.750. The molecule has 0 spiro atoms. The van der Waals surface area contributed by atoms with Gasteiger partial charge in [-0.25, -0.2) is 0 Å². The normalized spacial score (nSPS) is 10.8. The number of hydrogen-bond acceptors (Lipinski definition) is 4. The van der Waals surface area contributed by atoms with Gasteiger partial charge in [-0.2, -0.15) is 5.10 Å². The summed E-state index contributed by atoms with van der Waals surface area (Å²) in [5.41, 5.74) is 8.49. The van der Waals surface area contributed by atoms with Gasteiger partial charge in [0.05, 0.1) is 5.56 Å². The van der Waals surface area contributed by atoms with Gasteiger partial charge in [0.15, 0.2) is 0 Å². The van der Waals surface area contributed by atoms with E-state index in [-0.39, 0.29) is 5.56 Å². The molecular formula is C13H12N4OS. The predicted molar refractivity (Wildman–Crippen MR) is 77.0 cm³/mol. The van der Waals surface area contributed by atoms with E-state index in [9.17, 15) is 4.79 Å². The van der Waals surface area contributed by atoms with Gasteiger partial charge in [0, 0.05) is 29.8 Å². The van der Waals surface area contributed by atoms with Crippen LogP contribution in [0.1, 0.15) is 0 Å². The van der Waals surface area contributed by atoms with Crippen molar-refractivity contribution < 1.29 is 0 Å². The number of aromatic amines is 1. The summed E-state index contributed by atoms with van der Waals surface area (Å²) in [5, 5.41) is 6.44. The van der Waals surface area contributed by atoms with Crippen LogP contribution in [0.2, 0.25) is 0 Å². The second-order valence-corrected chi connectivity index (χ2v) is 5.10. The van der Waals surface area contributed by atoms with Crippen molar-refractivity contribution >= 4 is 17.2 Å². The second-order valence-electron chi connectivity index (χ2n) is 4.15. The maximum absolute atomic E-state index is 11.1. The van der Waals surface area contributed by atoms with Crippen LogP contribution in [-0.4, -0.2) is 14.8 Å². The predicted octanol–water partition coefficient (Wildman–Crippen LogP) is 2.09. The number of hydrogen-bond donors (Lipinski definition) is 2. The number of aromatic nitrogens is 3. The third-order valence-electron chi connectivity index (χ3n) is 2.92. The SMILES string of the molecule is Cn1nc(-c2ccc(=O)[nH]c2)c(-c2cccs2)c1N. The van der Waals surface area contributed by atoms with Gasteiger partial charge in [-0.1, -0.05) is 6.07 Å². The lowest BCUT2D eigenvalue weighted by molar-refractivity contribution is 0.782. The Hall–Kier alpha value is -2.34. The fourth-order valence-corrected chi connectivity index (χ4v) is 2.74. The minimum atomic E-state index is -0.134. The van der Waals surface area contributed by atoms with E-state index in [2.05, 4.69) is 10.1 Å². The van der Waals surface area contributed by atoms with Crippen LogP contribution >= 0.6 is 11.3 Å². The maximum atomic E-state index is 11.1. The number of thiophene rings is 1. The number of anilines is 1. The zero-order valence-electron chi connectivity index (χ0n) is 10.3. The van der Waals surface area contributed by atoms with Crippen LogP contribution in [0, 0.1) is 0 Å². The molecule has 0 aromatic carbocycles. The highest BCUT2D eigenvalue weighted by Gasteiger charge is 2.17. The molecule has 3 heterocycles. The van der Waals surface area contributed by atoms with Gasteiger partial charge in [-0.05, 0) is 17.5 Å². The number of pyridine rings is 1. The molecular weight excluding hydrogens is 260 g/mol. The van der Waals surface area contributed by atoms with E-state index < -0.39 is 0 Å².